The molecule has 7 rings (SSSR count). The van der Waals surface area contributed by atoms with Gasteiger partial charge >= 0.3 is 0 Å². The van der Waals surface area contributed by atoms with E-state index >= 15 is 0 Å². The van der Waals surface area contributed by atoms with Crippen LogP contribution in [-0.2, 0) is 13.6 Å². The highest BCUT2D eigenvalue weighted by molar-refractivity contribution is 6.00. The van der Waals surface area contributed by atoms with E-state index < -0.39 is 12.2 Å². The average molecular weight is 584 g/mol. The van der Waals surface area contributed by atoms with Gasteiger partial charge in [0.15, 0.2) is 5.82 Å². The maximum Gasteiger partial charge on any atom is 0.254 e. The first-order valence-electron chi connectivity index (χ1n) is 14.6. The molecule has 5 aromatic rings. The summed E-state index contributed by atoms with van der Waals surface area (Å²) >= 11 is 0. The Morgan fingerprint density at radius 2 is 1.98 bits per heavy atom. The second-order valence-corrected chi connectivity index (χ2v) is 11.9. The van der Waals surface area contributed by atoms with E-state index in [1.165, 1.54) is 23.9 Å². The number of nitrogens with zero attached hydrogens (tertiary/aromatic N) is 6. The van der Waals surface area contributed by atoms with Crippen molar-refractivity contribution in [3.05, 3.63) is 53.7 Å². The van der Waals surface area contributed by atoms with E-state index in [2.05, 4.69) is 15.6 Å². The molecule has 10 nitrogen and oxygen atoms in total. The number of aromatic hydroxyl groups is 1. The normalized spacial score (nSPS) is 19.0. The monoisotopic (exact) mass is 583 g/mol. The predicted octanol–water partition coefficient (Wildman–Crippen LogP) is 4.60. The van der Waals surface area contributed by atoms with E-state index in [1.54, 1.807) is 25.3 Å². The van der Waals surface area contributed by atoms with Crippen molar-refractivity contribution in [3.63, 3.8) is 0 Å². The molecule has 222 valence electrons. The molecule has 4 aromatic heterocycles. The van der Waals surface area contributed by atoms with Crippen LogP contribution >= 0.6 is 0 Å². The SMILES string of the molecule is COc1cc(C(=O)N2C[C@H](N)C[C@@H](F)C2)cc2nc(-c3cc4ccc(-c5ncc(O)cc5C)nc4n3CC3CC3)n(C)c12. The fourth-order valence-electron chi connectivity index (χ4n) is 6.26. The molecular formula is C32H34FN7O3. The number of rotatable bonds is 6. The largest absolute Gasteiger partial charge is 0.506 e. The lowest BCUT2D eigenvalue weighted by atomic mass is 10.0. The molecule has 2 aliphatic rings. The van der Waals surface area contributed by atoms with Gasteiger partial charge in [-0.05, 0) is 74.1 Å². The number of pyridine rings is 2. The summed E-state index contributed by atoms with van der Waals surface area (Å²) in [6, 6.07) is 10.8. The van der Waals surface area contributed by atoms with Gasteiger partial charge in [-0.1, -0.05) is 0 Å². The van der Waals surface area contributed by atoms with Crippen molar-refractivity contribution in [1.82, 2.24) is 29.0 Å². The molecule has 5 heterocycles. The summed E-state index contributed by atoms with van der Waals surface area (Å²) in [5.74, 6) is 1.63. The van der Waals surface area contributed by atoms with E-state index in [9.17, 15) is 14.3 Å². The van der Waals surface area contributed by atoms with Gasteiger partial charge < -0.3 is 29.6 Å². The first-order chi connectivity index (χ1) is 20.7. The number of hydrogen-bond donors (Lipinski definition) is 2. The van der Waals surface area contributed by atoms with Crippen LogP contribution < -0.4 is 10.5 Å². The Balaban J connectivity index is 1.35. The molecular weight excluding hydrogens is 549 g/mol. The van der Waals surface area contributed by atoms with E-state index in [0.29, 0.717) is 29.3 Å². The highest BCUT2D eigenvalue weighted by Crippen LogP contribution is 2.38. The smallest absolute Gasteiger partial charge is 0.254 e. The molecule has 1 saturated carbocycles. The summed E-state index contributed by atoms with van der Waals surface area (Å²) in [5, 5.41) is 10.8. The minimum absolute atomic E-state index is 0.0236. The lowest BCUT2D eigenvalue weighted by molar-refractivity contribution is 0.0606. The Hall–Kier alpha value is -4.51. The molecule has 1 aliphatic carbocycles. The molecule has 43 heavy (non-hydrogen) atoms. The first kappa shape index (κ1) is 27.3. The lowest BCUT2D eigenvalue weighted by Gasteiger charge is -2.33. The zero-order chi connectivity index (χ0) is 30.0. The Labute approximate surface area is 247 Å². The zero-order valence-electron chi connectivity index (χ0n) is 24.4. The number of halogens is 1. The average Bonchev–Trinajstić information content (AvgIpc) is 3.65. The summed E-state index contributed by atoms with van der Waals surface area (Å²) in [6.45, 7) is 3.04. The van der Waals surface area contributed by atoms with E-state index in [-0.39, 0.29) is 24.6 Å². The molecule has 0 radical (unpaired) electrons. The third kappa shape index (κ3) is 4.87. The van der Waals surface area contributed by atoms with Crippen molar-refractivity contribution in [2.45, 2.75) is 44.9 Å². The van der Waals surface area contributed by atoms with Gasteiger partial charge in [-0.3, -0.25) is 9.78 Å². The van der Waals surface area contributed by atoms with Crippen LogP contribution in [0.3, 0.4) is 0 Å². The molecule has 11 heteroatoms. The zero-order valence-corrected chi connectivity index (χ0v) is 24.4. The molecule has 1 saturated heterocycles. The highest BCUT2D eigenvalue weighted by atomic mass is 19.1. The number of hydrogen-bond acceptors (Lipinski definition) is 7. The van der Waals surface area contributed by atoms with Crippen LogP contribution in [0.4, 0.5) is 4.39 Å². The number of fused-ring (bicyclic) bond motifs is 2. The Morgan fingerprint density at radius 3 is 2.70 bits per heavy atom. The van der Waals surface area contributed by atoms with Crippen molar-refractivity contribution in [3.8, 4) is 34.4 Å². The van der Waals surface area contributed by atoms with Gasteiger partial charge in [0.25, 0.3) is 5.91 Å². The van der Waals surface area contributed by atoms with Crippen molar-refractivity contribution in [2.24, 2.45) is 18.7 Å². The fraction of sp³-hybridized carbons (Fsp3) is 0.375. The van der Waals surface area contributed by atoms with Gasteiger partial charge in [-0.15, -0.1) is 0 Å². The Bertz CT molecular complexity index is 1880. The van der Waals surface area contributed by atoms with Gasteiger partial charge in [0.05, 0.1) is 42.4 Å². The number of alkyl halides is 1. The fourth-order valence-corrected chi connectivity index (χ4v) is 6.26. The lowest BCUT2D eigenvalue weighted by Crippen LogP contribution is -2.50. The molecule has 0 bridgehead atoms. The van der Waals surface area contributed by atoms with Gasteiger partial charge in [0.2, 0.25) is 0 Å². The summed E-state index contributed by atoms with van der Waals surface area (Å²) < 4.78 is 24.2. The quantitative estimate of drug-likeness (QED) is 0.300. The third-order valence-electron chi connectivity index (χ3n) is 8.54. The highest BCUT2D eigenvalue weighted by Gasteiger charge is 2.30. The number of aromatic nitrogens is 5. The third-order valence-corrected chi connectivity index (χ3v) is 8.54. The van der Waals surface area contributed by atoms with Gasteiger partial charge in [-0.2, -0.15) is 0 Å². The molecule has 3 N–H and O–H groups in total. The number of ether oxygens (including phenoxy) is 1. The van der Waals surface area contributed by atoms with E-state index in [4.69, 9.17) is 20.4 Å². The van der Waals surface area contributed by atoms with Crippen LogP contribution in [0.1, 0.15) is 35.2 Å². The summed E-state index contributed by atoms with van der Waals surface area (Å²) in [4.78, 5) is 29.4. The molecule has 0 unspecified atom stereocenters. The summed E-state index contributed by atoms with van der Waals surface area (Å²) in [5.41, 5.74) is 11.8. The Kier molecular flexibility index (Phi) is 6.57. The van der Waals surface area contributed by atoms with E-state index in [0.717, 1.165) is 51.6 Å². The molecule has 1 aromatic carbocycles. The Morgan fingerprint density at radius 1 is 1.16 bits per heavy atom. The number of aryl methyl sites for hydroxylation is 2. The van der Waals surface area contributed by atoms with Crippen molar-refractivity contribution >= 4 is 28.0 Å². The van der Waals surface area contributed by atoms with Gasteiger partial charge in [0.1, 0.15) is 28.8 Å². The number of likely N-dealkylation sites (tertiary alicyclic amines) is 1. The molecule has 0 spiro atoms. The van der Waals surface area contributed by atoms with Crippen LogP contribution in [0.25, 0.3) is 45.0 Å². The van der Waals surface area contributed by atoms with Crippen LogP contribution in [-0.4, -0.2) is 72.4 Å². The van der Waals surface area contributed by atoms with Gasteiger partial charge in [-0.25, -0.2) is 14.4 Å². The number of methoxy groups -OCH3 is 1. The van der Waals surface area contributed by atoms with Crippen LogP contribution in [0.5, 0.6) is 11.5 Å². The maximum atomic E-state index is 14.2. The van der Waals surface area contributed by atoms with Crippen molar-refractivity contribution in [1.29, 1.82) is 0 Å². The number of imidazole rings is 1. The molecule has 1 aliphatic heterocycles. The summed E-state index contributed by atoms with van der Waals surface area (Å²) in [6.07, 6.45) is 2.88. The van der Waals surface area contributed by atoms with Gasteiger partial charge in [0, 0.05) is 37.1 Å². The minimum Gasteiger partial charge on any atom is -0.506 e. The second kappa shape index (κ2) is 10.3. The van der Waals surface area contributed by atoms with Crippen LogP contribution in [0.2, 0.25) is 0 Å². The number of benzene rings is 1. The number of carbonyl (C=O) groups is 1. The van der Waals surface area contributed by atoms with Crippen molar-refractivity contribution in [2.75, 3.05) is 20.2 Å². The maximum absolute atomic E-state index is 14.2. The first-order valence-corrected chi connectivity index (χ1v) is 14.6. The van der Waals surface area contributed by atoms with E-state index in [1.807, 2.05) is 30.7 Å². The van der Waals surface area contributed by atoms with Crippen LogP contribution in [0.15, 0.2) is 42.6 Å². The second-order valence-electron chi connectivity index (χ2n) is 11.9. The number of piperidine rings is 1. The minimum atomic E-state index is -1.14. The molecule has 2 fully saturated rings. The number of nitrogens with two attached hydrogens (primary N) is 1. The summed E-state index contributed by atoms with van der Waals surface area (Å²) in [7, 11) is 3.51. The van der Waals surface area contributed by atoms with Crippen molar-refractivity contribution < 1.29 is 19.0 Å². The molecule has 1 amide bonds. The number of carbonyl (C=O) groups excluding carboxylic acids is 1. The predicted molar refractivity (Wildman–Crippen MR) is 162 cm³/mol. The standard InChI is InChI=1S/C32H34FN7O3/c1-17-8-23(41)13-35-28(17)24-7-6-19-10-26(40(30(19)36-24)14-18-4-5-18)31-37-25-9-20(11-27(43-3)29(25)38(31)2)32(42)39-15-21(33)12-22(34)16-39/h6-11,13,18,21-22,41H,4-5,12,14-16,34H2,1-3H3/t21-,22-/m1/s1. The number of amides is 1. The molecule has 2 atom stereocenters. The van der Waals surface area contributed by atoms with Crippen LogP contribution in [0, 0.1) is 12.8 Å². The topological polar surface area (TPSA) is 124 Å².